The summed E-state index contributed by atoms with van der Waals surface area (Å²) in [6.45, 7) is 0.128. The van der Waals surface area contributed by atoms with E-state index in [-0.39, 0.29) is 29.1 Å². The highest BCUT2D eigenvalue weighted by molar-refractivity contribution is 6.30. The number of hydrogen-bond acceptors (Lipinski definition) is 4. The van der Waals surface area contributed by atoms with Crippen LogP contribution in [0.3, 0.4) is 0 Å². The molecule has 5 rings (SSSR count). The third-order valence-corrected chi connectivity index (χ3v) is 5.79. The fourth-order valence-corrected chi connectivity index (χ4v) is 4.00. The summed E-state index contributed by atoms with van der Waals surface area (Å²) in [5.41, 5.74) is 1.34. The Balaban J connectivity index is 1.46. The highest BCUT2D eigenvalue weighted by atomic mass is 35.5. The Kier molecular flexibility index (Phi) is 6.63. The van der Waals surface area contributed by atoms with Gasteiger partial charge in [0.15, 0.2) is 0 Å². The van der Waals surface area contributed by atoms with Gasteiger partial charge in [-0.15, -0.1) is 0 Å². The van der Waals surface area contributed by atoms with E-state index in [0.717, 1.165) is 16.7 Å². The van der Waals surface area contributed by atoms with Crippen LogP contribution in [-0.2, 0) is 12.8 Å². The minimum atomic E-state index is -4.97. The molecule has 0 saturated carbocycles. The summed E-state index contributed by atoms with van der Waals surface area (Å²) in [4.78, 5) is 13.1. The average Bonchev–Trinajstić information content (AvgIpc) is 2.89. The van der Waals surface area contributed by atoms with Crippen LogP contribution >= 0.6 is 11.6 Å². The predicted molar refractivity (Wildman–Crippen MR) is 135 cm³/mol. The first-order valence-electron chi connectivity index (χ1n) is 11.2. The Morgan fingerprint density at radius 2 is 1.49 bits per heavy atom. The minimum Gasteiger partial charge on any atom is -0.489 e. The summed E-state index contributed by atoms with van der Waals surface area (Å²) >= 11 is 5.97. The number of halogens is 4. The summed E-state index contributed by atoms with van der Waals surface area (Å²) in [7, 11) is 0. The molecule has 0 saturated heterocycles. The first-order chi connectivity index (χ1) is 17.8. The van der Waals surface area contributed by atoms with Gasteiger partial charge >= 0.3 is 6.18 Å². The van der Waals surface area contributed by atoms with Crippen molar-refractivity contribution in [3.05, 3.63) is 124 Å². The van der Waals surface area contributed by atoms with E-state index >= 15 is 0 Å². The second-order valence-corrected chi connectivity index (χ2v) is 8.59. The number of ether oxygens (including phenoxy) is 2. The van der Waals surface area contributed by atoms with E-state index in [2.05, 4.69) is 0 Å². The predicted octanol–water partition coefficient (Wildman–Crippen LogP) is 8.50. The van der Waals surface area contributed by atoms with Gasteiger partial charge in [0.25, 0.3) is 5.76 Å². The zero-order valence-electron chi connectivity index (χ0n) is 19.1. The first kappa shape index (κ1) is 24.5. The molecule has 0 aliphatic carbocycles. The van der Waals surface area contributed by atoms with Gasteiger partial charge in [-0.05, 0) is 53.1 Å². The molecule has 0 N–H and O–H groups in total. The first-order valence-corrected chi connectivity index (χ1v) is 11.5. The van der Waals surface area contributed by atoms with Crippen LogP contribution in [0, 0.1) is 0 Å². The lowest BCUT2D eigenvalue weighted by Gasteiger charge is -2.14. The Morgan fingerprint density at radius 3 is 2.19 bits per heavy atom. The molecule has 0 atom stereocenters. The molecule has 1 aromatic heterocycles. The molecular weight excluding hydrogens is 505 g/mol. The second kappa shape index (κ2) is 10.0. The lowest BCUT2D eigenvalue weighted by Crippen LogP contribution is -2.15. The highest BCUT2D eigenvalue weighted by Crippen LogP contribution is 2.39. The van der Waals surface area contributed by atoms with Crippen molar-refractivity contribution >= 4 is 22.6 Å². The molecule has 4 nitrogen and oxygen atoms in total. The van der Waals surface area contributed by atoms with Crippen molar-refractivity contribution in [2.45, 2.75) is 12.8 Å². The van der Waals surface area contributed by atoms with Gasteiger partial charge in [-0.25, -0.2) is 0 Å². The summed E-state index contributed by atoms with van der Waals surface area (Å²) in [6.07, 6.45) is -4.97. The van der Waals surface area contributed by atoms with Crippen molar-refractivity contribution in [2.24, 2.45) is 0 Å². The van der Waals surface area contributed by atoms with Crippen molar-refractivity contribution in [3.63, 3.8) is 0 Å². The van der Waals surface area contributed by atoms with Gasteiger partial charge in [0.1, 0.15) is 23.7 Å². The van der Waals surface area contributed by atoms with Crippen molar-refractivity contribution in [3.8, 4) is 28.4 Å². The van der Waals surface area contributed by atoms with Crippen molar-refractivity contribution < 1.29 is 27.1 Å². The van der Waals surface area contributed by atoms with Crippen molar-refractivity contribution in [1.82, 2.24) is 0 Å². The molecule has 186 valence electrons. The zero-order chi connectivity index (χ0) is 26.0. The lowest BCUT2D eigenvalue weighted by molar-refractivity contribution is -0.154. The third-order valence-electron chi connectivity index (χ3n) is 5.56. The van der Waals surface area contributed by atoms with Crippen LogP contribution in [0.15, 0.2) is 106 Å². The van der Waals surface area contributed by atoms with Gasteiger partial charge in [0.05, 0.1) is 5.39 Å². The Morgan fingerprint density at radius 1 is 0.784 bits per heavy atom. The average molecular weight is 523 g/mol. The smallest absolute Gasteiger partial charge is 0.453 e. The minimum absolute atomic E-state index is 0.0679. The van der Waals surface area contributed by atoms with Crippen LogP contribution in [0.5, 0.6) is 17.2 Å². The number of hydrogen-bond donors (Lipinski definition) is 0. The largest absolute Gasteiger partial charge is 0.489 e. The Labute approximate surface area is 214 Å². The van der Waals surface area contributed by atoms with Crippen LogP contribution < -0.4 is 14.9 Å². The maximum atomic E-state index is 13.9. The van der Waals surface area contributed by atoms with E-state index in [1.807, 2.05) is 30.3 Å². The SMILES string of the molecule is O=c1c(Oc2ccc(-c3ccccc3)cc2)c(C(F)(F)F)oc2cc(OCc3cccc(Cl)c3)ccc12. The zero-order valence-corrected chi connectivity index (χ0v) is 19.8. The van der Waals surface area contributed by atoms with E-state index < -0.39 is 23.1 Å². The molecule has 1 heterocycles. The summed E-state index contributed by atoms with van der Waals surface area (Å²) in [5.74, 6) is -2.16. The fraction of sp³-hybridized carbons (Fsp3) is 0.0690. The van der Waals surface area contributed by atoms with E-state index in [4.69, 9.17) is 25.5 Å². The highest BCUT2D eigenvalue weighted by Gasteiger charge is 2.40. The van der Waals surface area contributed by atoms with Gasteiger partial charge in [0, 0.05) is 11.1 Å². The molecule has 4 aromatic carbocycles. The van der Waals surface area contributed by atoms with Gasteiger partial charge < -0.3 is 13.9 Å². The molecule has 0 fully saturated rings. The summed E-state index contributed by atoms with van der Waals surface area (Å²) < 4.78 is 58.0. The summed E-state index contributed by atoms with van der Waals surface area (Å²) in [5, 5.41) is 0.460. The van der Waals surface area contributed by atoms with E-state index in [1.165, 1.54) is 30.3 Å². The van der Waals surface area contributed by atoms with E-state index in [1.54, 1.807) is 36.4 Å². The molecule has 0 aliphatic heterocycles. The molecule has 5 aromatic rings. The standard InChI is InChI=1S/C29H18ClF3O4/c30-21-8-4-5-18(15-21)17-35-23-13-14-24-25(16-23)37-28(29(31,32)33)27(26(24)34)36-22-11-9-20(10-12-22)19-6-2-1-3-7-19/h1-16H,17H2. The number of fused-ring (bicyclic) bond motifs is 1. The van der Waals surface area contributed by atoms with Crippen LogP contribution in [0.2, 0.25) is 5.02 Å². The second-order valence-electron chi connectivity index (χ2n) is 8.16. The molecule has 0 amide bonds. The van der Waals surface area contributed by atoms with Crippen LogP contribution in [-0.4, -0.2) is 0 Å². The number of rotatable bonds is 6. The van der Waals surface area contributed by atoms with Gasteiger partial charge in [-0.3, -0.25) is 4.79 Å². The maximum absolute atomic E-state index is 13.9. The number of alkyl halides is 3. The molecule has 0 spiro atoms. The van der Waals surface area contributed by atoms with E-state index in [0.29, 0.717) is 5.02 Å². The third kappa shape index (κ3) is 5.47. The molecule has 8 heteroatoms. The topological polar surface area (TPSA) is 48.7 Å². The van der Waals surface area contributed by atoms with Crippen LogP contribution in [0.4, 0.5) is 13.2 Å². The summed E-state index contributed by atoms with van der Waals surface area (Å²) in [6, 6.07) is 26.9. The lowest BCUT2D eigenvalue weighted by atomic mass is 10.1. The van der Waals surface area contributed by atoms with Crippen LogP contribution in [0.25, 0.3) is 22.1 Å². The molecule has 0 radical (unpaired) electrons. The van der Waals surface area contributed by atoms with Crippen molar-refractivity contribution in [1.29, 1.82) is 0 Å². The molecule has 0 unspecified atom stereocenters. The maximum Gasteiger partial charge on any atom is 0.453 e. The Hall–Kier alpha value is -4.23. The van der Waals surface area contributed by atoms with Crippen LogP contribution in [0.1, 0.15) is 11.3 Å². The van der Waals surface area contributed by atoms with E-state index in [9.17, 15) is 18.0 Å². The van der Waals surface area contributed by atoms with Gasteiger partial charge in [0.2, 0.25) is 11.2 Å². The normalized spacial score (nSPS) is 11.5. The van der Waals surface area contributed by atoms with Gasteiger partial charge in [-0.1, -0.05) is 66.2 Å². The fourth-order valence-electron chi connectivity index (χ4n) is 3.78. The molecule has 0 aliphatic rings. The monoisotopic (exact) mass is 522 g/mol. The molecule has 0 bridgehead atoms. The van der Waals surface area contributed by atoms with Gasteiger partial charge in [-0.2, -0.15) is 13.2 Å². The number of benzene rings is 4. The van der Waals surface area contributed by atoms with Crippen molar-refractivity contribution in [2.75, 3.05) is 0 Å². The molecule has 37 heavy (non-hydrogen) atoms. The quantitative estimate of drug-likeness (QED) is 0.224. The molecular formula is C29H18ClF3O4. The Bertz CT molecular complexity index is 1610.